The summed E-state index contributed by atoms with van der Waals surface area (Å²) < 4.78 is 0. The molecule has 0 unspecified atom stereocenters. The molecule has 2 bridgehead atoms. The Morgan fingerprint density at radius 1 is 0.341 bits per heavy atom. The van der Waals surface area contributed by atoms with Crippen molar-refractivity contribution in [1.82, 2.24) is 20.5 Å². The van der Waals surface area contributed by atoms with Crippen molar-refractivity contribution in [1.29, 1.82) is 0 Å². The van der Waals surface area contributed by atoms with E-state index in [1.54, 1.807) is 10.2 Å². The zero-order valence-electron chi connectivity index (χ0n) is 29.6. The minimum atomic E-state index is 0.146. The van der Waals surface area contributed by atoms with Crippen LogP contribution in [0.2, 0.25) is 0 Å². The van der Waals surface area contributed by atoms with E-state index in [2.05, 4.69) is 13.8 Å². The first-order valence-electron chi connectivity index (χ1n) is 19.9. The van der Waals surface area contributed by atoms with Crippen LogP contribution in [-0.4, -0.2) is 45.4 Å². The topological polar surface area (TPSA) is 47.1 Å². The van der Waals surface area contributed by atoms with Crippen LogP contribution < -0.4 is 0 Å². The van der Waals surface area contributed by atoms with Crippen LogP contribution in [-0.2, 0) is 9.59 Å². The Bertz CT molecular complexity index is 636. The number of hydrazine groups is 4. The first-order chi connectivity index (χ1) is 21.7. The predicted molar refractivity (Wildman–Crippen MR) is 186 cm³/mol. The molecule has 0 atom stereocenters. The monoisotopic (exact) mass is 619 g/mol. The van der Waals surface area contributed by atoms with Crippen LogP contribution in [0.25, 0.3) is 0 Å². The predicted octanol–water partition coefficient (Wildman–Crippen LogP) is 11.5. The number of unbranched alkanes of at least 4 members (excludes halogenated alkanes) is 28. The third-order valence-electron chi connectivity index (χ3n) is 9.81. The summed E-state index contributed by atoms with van der Waals surface area (Å²) in [5, 5.41) is 7.16. The van der Waals surface area contributed by atoms with E-state index in [9.17, 15) is 9.59 Å². The SMILES string of the molecule is CCCCCCCCCCCCCCCCCC(=O)N1N2CCN1N2C(=O)CCCCCCCCCCCCCCCCC. The Balaban J connectivity index is 1.35. The second-order valence-electron chi connectivity index (χ2n) is 14.0. The van der Waals surface area contributed by atoms with Gasteiger partial charge < -0.3 is 0 Å². The number of fused-ring (bicyclic) bond motifs is 1. The maximum Gasteiger partial charge on any atom is 0.254 e. The molecule has 3 heterocycles. The summed E-state index contributed by atoms with van der Waals surface area (Å²) in [6.45, 7) is 6.06. The molecule has 3 fully saturated rings. The van der Waals surface area contributed by atoms with Gasteiger partial charge in [-0.2, -0.15) is 10.2 Å². The maximum absolute atomic E-state index is 12.8. The molecule has 3 rings (SSSR count). The number of hydrogen-bond acceptors (Lipinski definition) is 4. The van der Waals surface area contributed by atoms with Gasteiger partial charge in [0.1, 0.15) is 0 Å². The zero-order valence-corrected chi connectivity index (χ0v) is 29.6. The molecule has 3 aliphatic rings. The van der Waals surface area contributed by atoms with Crippen molar-refractivity contribution in [2.75, 3.05) is 13.1 Å². The van der Waals surface area contributed by atoms with Crippen molar-refractivity contribution in [2.24, 2.45) is 0 Å². The number of nitrogens with zero attached hydrogens (tertiary/aromatic N) is 4. The van der Waals surface area contributed by atoms with E-state index >= 15 is 0 Å². The summed E-state index contributed by atoms with van der Waals surface area (Å²) in [7, 11) is 0. The molecular weight excluding hydrogens is 544 g/mol. The van der Waals surface area contributed by atoms with Gasteiger partial charge in [0, 0.05) is 12.8 Å². The van der Waals surface area contributed by atoms with Crippen LogP contribution in [0.4, 0.5) is 0 Å². The Labute approximate surface area is 273 Å². The van der Waals surface area contributed by atoms with Gasteiger partial charge >= 0.3 is 0 Å². The Hall–Kier alpha value is -1.14. The molecule has 0 saturated carbocycles. The molecule has 6 heteroatoms. The molecule has 0 spiro atoms. The maximum atomic E-state index is 12.8. The molecule has 0 aromatic carbocycles. The summed E-state index contributed by atoms with van der Waals surface area (Å²) >= 11 is 0. The van der Waals surface area contributed by atoms with E-state index in [1.165, 1.54) is 167 Å². The number of rotatable bonds is 32. The Morgan fingerprint density at radius 3 is 0.773 bits per heavy atom. The zero-order chi connectivity index (χ0) is 31.5. The third kappa shape index (κ3) is 17.0. The largest absolute Gasteiger partial charge is 0.272 e. The van der Waals surface area contributed by atoms with E-state index in [0.29, 0.717) is 12.8 Å². The van der Waals surface area contributed by atoms with Crippen molar-refractivity contribution in [3.05, 3.63) is 0 Å². The average molecular weight is 619 g/mol. The summed E-state index contributed by atoms with van der Waals surface area (Å²) in [5.41, 5.74) is 0. The van der Waals surface area contributed by atoms with Gasteiger partial charge in [-0.3, -0.25) is 9.59 Å². The minimum Gasteiger partial charge on any atom is -0.272 e. The first kappa shape index (κ1) is 39.0. The summed E-state index contributed by atoms with van der Waals surface area (Å²) in [5.74, 6) is 0.293. The fourth-order valence-electron chi connectivity index (χ4n) is 6.94. The van der Waals surface area contributed by atoms with Crippen LogP contribution in [0.5, 0.6) is 0 Å². The molecule has 3 aliphatic heterocycles. The van der Waals surface area contributed by atoms with Crippen LogP contribution in [0.1, 0.15) is 219 Å². The second-order valence-corrected chi connectivity index (χ2v) is 14.0. The normalized spacial score (nSPS) is 17.4. The highest BCUT2D eigenvalue weighted by molar-refractivity contribution is 5.80. The van der Waals surface area contributed by atoms with E-state index in [0.717, 1.165) is 38.8 Å². The van der Waals surface area contributed by atoms with Crippen LogP contribution in [0.3, 0.4) is 0 Å². The van der Waals surface area contributed by atoms with Crippen LogP contribution >= 0.6 is 0 Å². The molecular formula is C38H74N4O2. The third-order valence-corrected chi connectivity index (χ3v) is 9.81. The van der Waals surface area contributed by atoms with Gasteiger partial charge in [0.2, 0.25) is 0 Å². The fourth-order valence-corrected chi connectivity index (χ4v) is 6.94. The standard InChI is InChI=1S/C38H74N4O2/c1-3-5-7-9-11-13-15-17-19-21-23-25-27-29-31-33-37(43)41-39-35-36-40(41)42(39)38(44)34-32-30-28-26-24-22-20-18-16-14-12-10-8-6-4-2/h3-36H2,1-2H3. The van der Waals surface area contributed by atoms with Gasteiger partial charge in [-0.05, 0) is 12.8 Å². The van der Waals surface area contributed by atoms with E-state index in [-0.39, 0.29) is 11.8 Å². The average Bonchev–Trinajstić information content (AvgIpc) is 3.66. The van der Waals surface area contributed by atoms with E-state index < -0.39 is 0 Å². The van der Waals surface area contributed by atoms with Crippen molar-refractivity contribution >= 4 is 11.8 Å². The smallest absolute Gasteiger partial charge is 0.254 e. The molecule has 44 heavy (non-hydrogen) atoms. The van der Waals surface area contributed by atoms with Crippen molar-refractivity contribution in [3.63, 3.8) is 0 Å². The highest BCUT2D eigenvalue weighted by atomic mass is 16.4. The Morgan fingerprint density at radius 2 is 0.545 bits per heavy atom. The van der Waals surface area contributed by atoms with Gasteiger partial charge in [0.05, 0.1) is 13.1 Å². The van der Waals surface area contributed by atoms with Gasteiger partial charge in [-0.25, -0.2) is 0 Å². The lowest BCUT2D eigenvalue weighted by atomic mass is 10.0. The van der Waals surface area contributed by atoms with Crippen LogP contribution in [0.15, 0.2) is 0 Å². The van der Waals surface area contributed by atoms with Gasteiger partial charge in [-0.1, -0.05) is 204 Å². The molecule has 0 aliphatic carbocycles. The number of amides is 2. The van der Waals surface area contributed by atoms with Crippen molar-refractivity contribution < 1.29 is 9.59 Å². The molecule has 0 radical (unpaired) electrons. The number of carbonyl (C=O) groups excluding carboxylic acids is 2. The highest BCUT2D eigenvalue weighted by Gasteiger charge is 2.54. The minimum absolute atomic E-state index is 0.146. The lowest BCUT2D eigenvalue weighted by Gasteiger charge is -2.51. The molecule has 6 nitrogen and oxygen atoms in total. The highest BCUT2D eigenvalue weighted by Crippen LogP contribution is 2.32. The summed E-state index contributed by atoms with van der Waals surface area (Å²) in [4.78, 5) is 25.6. The Kier molecular flexibility index (Phi) is 24.0. The summed E-state index contributed by atoms with van der Waals surface area (Å²) in [6, 6.07) is 0. The first-order valence-corrected chi connectivity index (χ1v) is 19.9. The van der Waals surface area contributed by atoms with Crippen molar-refractivity contribution in [3.8, 4) is 0 Å². The number of hydrogen-bond donors (Lipinski definition) is 0. The van der Waals surface area contributed by atoms with E-state index in [4.69, 9.17) is 0 Å². The molecule has 0 aromatic rings. The lowest BCUT2D eigenvalue weighted by Crippen LogP contribution is -2.73. The number of carbonyl (C=O) groups is 2. The van der Waals surface area contributed by atoms with Gasteiger partial charge in [0.25, 0.3) is 11.8 Å². The van der Waals surface area contributed by atoms with Crippen molar-refractivity contribution in [2.45, 2.75) is 219 Å². The van der Waals surface area contributed by atoms with Gasteiger partial charge in [-0.15, -0.1) is 0 Å². The molecule has 3 saturated heterocycles. The lowest BCUT2D eigenvalue weighted by molar-refractivity contribution is -0.411. The van der Waals surface area contributed by atoms with Gasteiger partial charge in [0.15, 0.2) is 0 Å². The molecule has 2 amide bonds. The quantitative estimate of drug-likeness (QED) is 0.0704. The molecule has 0 aromatic heterocycles. The second kappa shape index (κ2) is 27.0. The van der Waals surface area contributed by atoms with E-state index in [1.807, 2.05) is 10.2 Å². The summed E-state index contributed by atoms with van der Waals surface area (Å²) in [6.07, 6.45) is 41.2. The molecule has 0 N–H and O–H groups in total. The molecule has 258 valence electrons. The fraction of sp³-hybridized carbons (Fsp3) is 0.947. The van der Waals surface area contributed by atoms with Crippen LogP contribution in [0, 0.1) is 0 Å².